The number of rotatable bonds is 8. The molecule has 0 N–H and O–H groups in total. The van der Waals surface area contributed by atoms with E-state index in [2.05, 4.69) is 70.6 Å². The van der Waals surface area contributed by atoms with Crippen molar-refractivity contribution < 1.29 is 4.74 Å². The fraction of sp³-hybridized carbons (Fsp3) is 0.667. The maximum atomic E-state index is 5.98. The first kappa shape index (κ1) is 17.4. The van der Waals surface area contributed by atoms with Crippen LogP contribution >= 0.6 is 11.8 Å². The summed E-state index contributed by atoms with van der Waals surface area (Å²) in [6.45, 7) is 12.1. The summed E-state index contributed by atoms with van der Waals surface area (Å²) in [5.41, 5.74) is 1.44. The third-order valence-electron chi connectivity index (χ3n) is 3.19. The van der Waals surface area contributed by atoms with Gasteiger partial charge in [0.15, 0.2) is 0 Å². The minimum absolute atomic E-state index is 0.143. The van der Waals surface area contributed by atoms with E-state index in [4.69, 9.17) is 4.74 Å². The molecule has 1 nitrogen and oxygen atoms in total. The van der Waals surface area contributed by atoms with Crippen molar-refractivity contribution >= 4 is 11.8 Å². The van der Waals surface area contributed by atoms with Crippen LogP contribution in [0.4, 0.5) is 0 Å². The van der Waals surface area contributed by atoms with E-state index in [-0.39, 0.29) is 5.41 Å². The van der Waals surface area contributed by atoms with E-state index in [1.54, 1.807) is 0 Å². The third-order valence-corrected chi connectivity index (χ3v) is 4.38. The molecule has 1 aromatic carbocycles. The van der Waals surface area contributed by atoms with E-state index >= 15 is 0 Å². The van der Waals surface area contributed by atoms with E-state index in [1.807, 2.05) is 0 Å². The zero-order chi connectivity index (χ0) is 15.0. The molecule has 0 amide bonds. The second kappa shape index (κ2) is 8.61. The average Bonchev–Trinajstić information content (AvgIpc) is 2.36. The first-order chi connectivity index (χ1) is 9.41. The van der Waals surface area contributed by atoms with Crippen molar-refractivity contribution in [1.82, 2.24) is 0 Å². The first-order valence-electron chi connectivity index (χ1n) is 7.75. The molecule has 1 rings (SSSR count). The standard InChI is InChI=1S/C18H30OS/c1-15(2)20-14-10-6-9-13-19-17-12-8-7-11-16(17)18(3,4)5/h7-8,11-12,15H,6,9-10,13-14H2,1-5H3. The lowest BCUT2D eigenvalue weighted by atomic mass is 9.86. The summed E-state index contributed by atoms with van der Waals surface area (Å²) in [5.74, 6) is 2.33. The summed E-state index contributed by atoms with van der Waals surface area (Å²) >= 11 is 2.05. The van der Waals surface area contributed by atoms with Crippen LogP contribution in [0.2, 0.25) is 0 Å². The second-order valence-electron chi connectivity index (χ2n) is 6.57. The average molecular weight is 295 g/mol. The van der Waals surface area contributed by atoms with Crippen molar-refractivity contribution in [2.45, 2.75) is 64.5 Å². The van der Waals surface area contributed by atoms with Crippen molar-refractivity contribution in [3.05, 3.63) is 29.8 Å². The van der Waals surface area contributed by atoms with Gasteiger partial charge in [0.25, 0.3) is 0 Å². The van der Waals surface area contributed by atoms with Crippen molar-refractivity contribution in [2.75, 3.05) is 12.4 Å². The van der Waals surface area contributed by atoms with Crippen molar-refractivity contribution in [3.8, 4) is 5.75 Å². The highest BCUT2D eigenvalue weighted by Gasteiger charge is 2.18. The number of benzene rings is 1. The number of unbranched alkanes of at least 4 members (excludes halogenated alkanes) is 2. The summed E-state index contributed by atoms with van der Waals surface area (Å²) in [4.78, 5) is 0. The Morgan fingerprint density at radius 2 is 1.75 bits per heavy atom. The van der Waals surface area contributed by atoms with Crippen LogP contribution in [0, 0.1) is 0 Å². The maximum absolute atomic E-state index is 5.98. The van der Waals surface area contributed by atoms with Gasteiger partial charge in [-0.1, -0.05) is 52.8 Å². The molecule has 114 valence electrons. The van der Waals surface area contributed by atoms with Crippen LogP contribution in [-0.4, -0.2) is 17.6 Å². The van der Waals surface area contributed by atoms with Crippen LogP contribution in [0.1, 0.15) is 59.4 Å². The summed E-state index contributed by atoms with van der Waals surface area (Å²) in [5, 5.41) is 0.755. The van der Waals surface area contributed by atoms with E-state index in [1.165, 1.54) is 24.2 Å². The lowest BCUT2D eigenvalue weighted by molar-refractivity contribution is 0.298. The minimum Gasteiger partial charge on any atom is -0.493 e. The molecule has 0 radical (unpaired) electrons. The summed E-state index contributed by atoms with van der Waals surface area (Å²) in [7, 11) is 0. The predicted octanol–water partition coefficient (Wildman–Crippen LogP) is 5.67. The van der Waals surface area contributed by atoms with Crippen LogP contribution in [0.3, 0.4) is 0 Å². The molecular formula is C18H30OS. The number of ether oxygens (including phenoxy) is 1. The Morgan fingerprint density at radius 3 is 2.40 bits per heavy atom. The van der Waals surface area contributed by atoms with Crippen LogP contribution in [0.15, 0.2) is 24.3 Å². The van der Waals surface area contributed by atoms with Crippen molar-refractivity contribution in [3.63, 3.8) is 0 Å². The Balaban J connectivity index is 2.29. The number of thioether (sulfide) groups is 1. The monoisotopic (exact) mass is 294 g/mol. The van der Waals surface area contributed by atoms with Gasteiger partial charge in [-0.3, -0.25) is 0 Å². The van der Waals surface area contributed by atoms with Gasteiger partial charge in [-0.05, 0) is 47.3 Å². The Morgan fingerprint density at radius 1 is 1.05 bits per heavy atom. The van der Waals surface area contributed by atoms with E-state index < -0.39 is 0 Å². The zero-order valence-electron chi connectivity index (χ0n) is 13.7. The van der Waals surface area contributed by atoms with Crippen LogP contribution in [-0.2, 0) is 5.41 Å². The lowest BCUT2D eigenvalue weighted by Gasteiger charge is -2.22. The Labute approximate surface area is 129 Å². The molecule has 0 saturated carbocycles. The van der Waals surface area contributed by atoms with Gasteiger partial charge in [-0.15, -0.1) is 0 Å². The largest absolute Gasteiger partial charge is 0.493 e. The Bertz CT molecular complexity index is 379. The summed E-state index contributed by atoms with van der Waals surface area (Å²) in [6.07, 6.45) is 3.71. The molecule has 0 fully saturated rings. The first-order valence-corrected chi connectivity index (χ1v) is 8.80. The van der Waals surface area contributed by atoms with Gasteiger partial charge in [-0.25, -0.2) is 0 Å². The predicted molar refractivity (Wildman–Crippen MR) is 92.1 cm³/mol. The van der Waals surface area contributed by atoms with Gasteiger partial charge >= 0.3 is 0 Å². The quantitative estimate of drug-likeness (QED) is 0.571. The smallest absolute Gasteiger partial charge is 0.123 e. The number of hydrogen-bond acceptors (Lipinski definition) is 2. The van der Waals surface area contributed by atoms with Gasteiger partial charge in [0.05, 0.1) is 6.61 Å². The number of para-hydroxylation sites is 1. The highest BCUT2D eigenvalue weighted by molar-refractivity contribution is 7.99. The van der Waals surface area contributed by atoms with Crippen LogP contribution in [0.5, 0.6) is 5.75 Å². The fourth-order valence-corrected chi connectivity index (χ4v) is 2.94. The molecule has 0 aliphatic heterocycles. The van der Waals surface area contributed by atoms with Gasteiger partial charge < -0.3 is 4.74 Å². The third kappa shape index (κ3) is 6.69. The van der Waals surface area contributed by atoms with E-state index in [0.717, 1.165) is 24.0 Å². The topological polar surface area (TPSA) is 9.23 Å². The highest BCUT2D eigenvalue weighted by Crippen LogP contribution is 2.31. The zero-order valence-corrected chi connectivity index (χ0v) is 14.6. The normalized spacial score (nSPS) is 11.9. The molecule has 0 aromatic heterocycles. The maximum Gasteiger partial charge on any atom is 0.123 e. The Hall–Kier alpha value is -0.630. The molecule has 0 saturated heterocycles. The van der Waals surface area contributed by atoms with Crippen LogP contribution < -0.4 is 4.74 Å². The van der Waals surface area contributed by atoms with Crippen molar-refractivity contribution in [2.24, 2.45) is 0 Å². The molecule has 0 heterocycles. The molecule has 0 spiro atoms. The molecule has 0 unspecified atom stereocenters. The molecule has 0 atom stereocenters. The molecule has 0 aliphatic rings. The van der Waals surface area contributed by atoms with E-state index in [0.29, 0.717) is 0 Å². The summed E-state index contributed by atoms with van der Waals surface area (Å²) in [6, 6.07) is 8.42. The summed E-state index contributed by atoms with van der Waals surface area (Å²) < 4.78 is 5.98. The molecule has 1 aromatic rings. The number of hydrogen-bond donors (Lipinski definition) is 0. The molecule has 0 aliphatic carbocycles. The molecule has 20 heavy (non-hydrogen) atoms. The van der Waals surface area contributed by atoms with Crippen molar-refractivity contribution in [1.29, 1.82) is 0 Å². The van der Waals surface area contributed by atoms with Gasteiger partial charge in [0, 0.05) is 0 Å². The molecule has 0 bridgehead atoms. The van der Waals surface area contributed by atoms with Gasteiger partial charge in [-0.2, -0.15) is 11.8 Å². The fourth-order valence-electron chi connectivity index (χ4n) is 2.09. The SMILES string of the molecule is CC(C)SCCCCCOc1ccccc1C(C)(C)C. The second-order valence-corrected chi connectivity index (χ2v) is 8.26. The Kier molecular flexibility index (Phi) is 7.50. The van der Waals surface area contributed by atoms with Gasteiger partial charge in [0.2, 0.25) is 0 Å². The van der Waals surface area contributed by atoms with Crippen LogP contribution in [0.25, 0.3) is 0 Å². The minimum atomic E-state index is 0.143. The highest BCUT2D eigenvalue weighted by atomic mass is 32.2. The molecular weight excluding hydrogens is 264 g/mol. The van der Waals surface area contributed by atoms with E-state index in [9.17, 15) is 0 Å². The van der Waals surface area contributed by atoms with Gasteiger partial charge in [0.1, 0.15) is 5.75 Å². The molecule has 2 heteroatoms. The lowest BCUT2D eigenvalue weighted by Crippen LogP contribution is -2.13.